The number of ether oxygens (including phenoxy) is 1. The number of carbonyl (C=O) groups excluding carboxylic acids is 1. The molecule has 1 aromatic rings. The highest BCUT2D eigenvalue weighted by molar-refractivity contribution is 6.46. The van der Waals surface area contributed by atoms with E-state index in [0.29, 0.717) is 20.2 Å². The van der Waals surface area contributed by atoms with E-state index in [4.69, 9.17) is 4.74 Å². The van der Waals surface area contributed by atoms with Gasteiger partial charge in [-0.1, -0.05) is 30.3 Å². The topological polar surface area (TPSA) is 26.3 Å². The maximum absolute atomic E-state index is 11.1. The minimum absolute atomic E-state index is 0.172. The summed E-state index contributed by atoms with van der Waals surface area (Å²) >= 11 is 0. The van der Waals surface area contributed by atoms with Crippen LogP contribution in [0, 0.1) is 0 Å². The average Bonchev–Trinajstić information content (AvgIpc) is 2.25. The lowest BCUT2D eigenvalue weighted by Crippen LogP contribution is -2.06. The number of esters is 1. The number of hydrogen-bond acceptors (Lipinski definition) is 2. The second kappa shape index (κ2) is 6.03. The van der Waals surface area contributed by atoms with Crippen LogP contribution in [0.2, 0.25) is 6.32 Å². The Hall–Kier alpha value is -1.51. The summed E-state index contributed by atoms with van der Waals surface area (Å²) in [7, 11) is 0.674. The van der Waals surface area contributed by atoms with Crippen molar-refractivity contribution in [3.63, 3.8) is 0 Å². The van der Waals surface area contributed by atoms with Crippen molar-refractivity contribution in [3.05, 3.63) is 48.4 Å². The molecule has 0 aliphatic heterocycles. The number of benzene rings is 1. The third-order valence-corrected chi connectivity index (χ3v) is 1.80. The van der Waals surface area contributed by atoms with Crippen LogP contribution in [0.1, 0.15) is 5.56 Å². The molecule has 0 fully saturated rings. The van der Waals surface area contributed by atoms with Crippen molar-refractivity contribution in [1.82, 2.24) is 0 Å². The van der Waals surface area contributed by atoms with E-state index in [1.807, 2.05) is 30.3 Å². The summed E-state index contributed by atoms with van der Waals surface area (Å²) in [6.07, 6.45) is 0.413. The fourth-order valence-electron chi connectivity index (χ4n) is 1.03. The first kappa shape index (κ1) is 10.6. The lowest BCUT2D eigenvalue weighted by atomic mass is 9.75. The van der Waals surface area contributed by atoms with Gasteiger partial charge in [-0.15, -0.1) is 12.6 Å². The smallest absolute Gasteiger partial charge is 0.298 e. The van der Waals surface area contributed by atoms with E-state index in [0.717, 1.165) is 5.56 Å². The van der Waals surface area contributed by atoms with Gasteiger partial charge < -0.3 is 4.74 Å². The lowest BCUT2D eigenvalue weighted by Gasteiger charge is -2.02. The zero-order chi connectivity index (χ0) is 10.2. The molecule has 0 radical (unpaired) electrons. The van der Waals surface area contributed by atoms with Gasteiger partial charge in [0.15, 0.2) is 7.28 Å². The molecule has 0 unspecified atom stereocenters. The third kappa shape index (κ3) is 3.94. The van der Waals surface area contributed by atoms with Gasteiger partial charge in [0.2, 0.25) is 0 Å². The summed E-state index contributed by atoms with van der Waals surface area (Å²) in [5.41, 5.74) is 1.01. The van der Waals surface area contributed by atoms with Gasteiger partial charge in [0.1, 0.15) is 6.61 Å². The van der Waals surface area contributed by atoms with Gasteiger partial charge in [0, 0.05) is 6.32 Å². The molecule has 0 heterocycles. The molecule has 0 aliphatic rings. The molecule has 1 rings (SSSR count). The van der Waals surface area contributed by atoms with Crippen molar-refractivity contribution < 1.29 is 9.53 Å². The minimum atomic E-state index is -0.172. The Balaban J connectivity index is 2.27. The molecule has 0 saturated carbocycles. The van der Waals surface area contributed by atoms with Crippen LogP contribution in [0.4, 0.5) is 0 Å². The molecule has 0 aromatic heterocycles. The van der Waals surface area contributed by atoms with Crippen LogP contribution in [0.3, 0.4) is 0 Å². The van der Waals surface area contributed by atoms with Crippen molar-refractivity contribution in [2.45, 2.75) is 12.9 Å². The summed E-state index contributed by atoms with van der Waals surface area (Å²) in [5.74, 6) is 1.54. The molecule has 0 N–H and O–H groups in total. The second-order valence-corrected chi connectivity index (χ2v) is 2.97. The SMILES string of the molecule is C=CBCC(=O)OCc1ccccc1. The van der Waals surface area contributed by atoms with Crippen LogP contribution < -0.4 is 0 Å². The maximum Gasteiger partial charge on any atom is 0.298 e. The summed E-state index contributed by atoms with van der Waals surface area (Å²) < 4.78 is 5.04. The number of hydrogen-bond donors (Lipinski definition) is 0. The first-order valence-corrected chi connectivity index (χ1v) is 4.63. The van der Waals surface area contributed by atoms with Gasteiger partial charge in [-0.2, -0.15) is 0 Å². The quantitative estimate of drug-likeness (QED) is 0.519. The van der Waals surface area contributed by atoms with Crippen molar-refractivity contribution in [2.75, 3.05) is 0 Å². The van der Waals surface area contributed by atoms with E-state index in [2.05, 4.69) is 6.58 Å². The Bertz CT molecular complexity index is 295. The van der Waals surface area contributed by atoms with Gasteiger partial charge in [-0.05, 0) is 5.56 Å². The normalized spacial score (nSPS) is 9.14. The fourth-order valence-corrected chi connectivity index (χ4v) is 1.03. The Labute approximate surface area is 84.8 Å². The Morgan fingerprint density at radius 1 is 1.43 bits per heavy atom. The highest BCUT2D eigenvalue weighted by Crippen LogP contribution is 2.01. The van der Waals surface area contributed by atoms with Crippen LogP contribution >= 0.6 is 0 Å². The molecule has 0 spiro atoms. The third-order valence-electron chi connectivity index (χ3n) is 1.80. The minimum Gasteiger partial charge on any atom is -0.461 e. The molecule has 3 heteroatoms. The first-order valence-electron chi connectivity index (χ1n) is 4.63. The monoisotopic (exact) mass is 188 g/mol. The zero-order valence-electron chi connectivity index (χ0n) is 8.11. The zero-order valence-corrected chi connectivity index (χ0v) is 8.11. The van der Waals surface area contributed by atoms with Gasteiger partial charge >= 0.3 is 0 Å². The highest BCUT2D eigenvalue weighted by Gasteiger charge is 2.01. The van der Waals surface area contributed by atoms with E-state index in [1.165, 1.54) is 0 Å². The lowest BCUT2D eigenvalue weighted by molar-refractivity contribution is -0.142. The van der Waals surface area contributed by atoms with Crippen LogP contribution in [0.25, 0.3) is 0 Å². The molecule has 0 aliphatic carbocycles. The molecule has 0 bridgehead atoms. The molecule has 0 amide bonds. The fraction of sp³-hybridized carbons (Fsp3) is 0.182. The molecular formula is C11H13BO2. The Morgan fingerprint density at radius 3 is 2.79 bits per heavy atom. The van der Waals surface area contributed by atoms with Crippen LogP contribution in [0.5, 0.6) is 0 Å². The number of rotatable bonds is 5. The predicted molar refractivity (Wildman–Crippen MR) is 58.4 cm³/mol. The van der Waals surface area contributed by atoms with Gasteiger partial charge in [0.25, 0.3) is 5.97 Å². The van der Waals surface area contributed by atoms with E-state index < -0.39 is 0 Å². The molecule has 1 aromatic carbocycles. The molecule has 2 nitrogen and oxygen atoms in total. The van der Waals surface area contributed by atoms with Crippen molar-refractivity contribution in [3.8, 4) is 0 Å². The average molecular weight is 188 g/mol. The van der Waals surface area contributed by atoms with Crippen molar-refractivity contribution in [1.29, 1.82) is 0 Å². The molecule has 0 atom stereocenters. The maximum atomic E-state index is 11.1. The van der Waals surface area contributed by atoms with E-state index in [-0.39, 0.29) is 5.97 Å². The largest absolute Gasteiger partial charge is 0.461 e. The molecule has 14 heavy (non-hydrogen) atoms. The molecule has 72 valence electrons. The van der Waals surface area contributed by atoms with Gasteiger partial charge in [-0.25, -0.2) is 0 Å². The highest BCUT2D eigenvalue weighted by atomic mass is 16.5. The second-order valence-electron chi connectivity index (χ2n) is 2.97. The summed E-state index contributed by atoms with van der Waals surface area (Å²) in [6, 6.07) is 9.64. The number of carbonyl (C=O) groups is 1. The Kier molecular flexibility index (Phi) is 4.55. The summed E-state index contributed by atoms with van der Waals surface area (Å²) in [4.78, 5) is 11.1. The predicted octanol–water partition coefficient (Wildman–Crippen LogP) is 1.73. The van der Waals surface area contributed by atoms with Crippen molar-refractivity contribution in [2.24, 2.45) is 0 Å². The van der Waals surface area contributed by atoms with Crippen LogP contribution in [0.15, 0.2) is 42.9 Å². The van der Waals surface area contributed by atoms with E-state index in [1.54, 1.807) is 5.98 Å². The molecule has 0 saturated heterocycles. The van der Waals surface area contributed by atoms with Gasteiger partial charge in [-0.3, -0.25) is 4.79 Å². The molecular weight excluding hydrogens is 175 g/mol. The van der Waals surface area contributed by atoms with Crippen LogP contribution in [-0.4, -0.2) is 13.2 Å². The van der Waals surface area contributed by atoms with E-state index >= 15 is 0 Å². The summed E-state index contributed by atoms with van der Waals surface area (Å²) in [6.45, 7) is 3.90. The Morgan fingerprint density at radius 2 is 2.14 bits per heavy atom. The summed E-state index contributed by atoms with van der Waals surface area (Å²) in [5, 5.41) is 0. The van der Waals surface area contributed by atoms with Gasteiger partial charge in [0.05, 0.1) is 0 Å². The van der Waals surface area contributed by atoms with Crippen molar-refractivity contribution >= 4 is 13.2 Å². The van der Waals surface area contributed by atoms with E-state index in [9.17, 15) is 4.79 Å². The first-order chi connectivity index (χ1) is 6.83. The standard InChI is InChI=1S/C11H13BO2/c1-2-12-8-11(13)14-9-10-6-4-3-5-7-10/h2-7,12H,1,8-9H2. The van der Waals surface area contributed by atoms with Crippen LogP contribution in [-0.2, 0) is 16.1 Å².